The van der Waals surface area contributed by atoms with Crippen LogP contribution in [0.2, 0.25) is 0 Å². The van der Waals surface area contributed by atoms with E-state index in [0.717, 1.165) is 38.7 Å². The van der Waals surface area contributed by atoms with Crippen molar-refractivity contribution in [2.75, 3.05) is 0 Å². The number of carbonyl (C=O) groups excluding carboxylic acids is 1. The summed E-state index contributed by atoms with van der Waals surface area (Å²) in [6.45, 7) is 3.72. The maximum Gasteiger partial charge on any atom is 0.248 e. The third-order valence-electron chi connectivity index (χ3n) is 5.41. The molecule has 154 valence electrons. The smallest absolute Gasteiger partial charge is 0.248 e. The topological polar surface area (TPSA) is 115 Å². The van der Waals surface area contributed by atoms with Crippen LogP contribution in [0.4, 0.5) is 0 Å². The first-order valence-corrected chi connectivity index (χ1v) is 9.74. The second-order valence-electron chi connectivity index (χ2n) is 7.48. The zero-order chi connectivity index (χ0) is 22.4. The van der Waals surface area contributed by atoms with E-state index in [9.17, 15) is 10.1 Å². The SMILES string of the molecule is C=C(C(N)=O)c1cnc2cc(-c3cc(-c4cnn(C)c4)cn4ncc(C#N)c34)ccc2c1. The average Bonchev–Trinajstić information content (AvgIpc) is 3.43. The van der Waals surface area contributed by atoms with Gasteiger partial charge in [0.25, 0.3) is 0 Å². The summed E-state index contributed by atoms with van der Waals surface area (Å²) in [5.41, 5.74) is 11.7. The number of fused-ring (bicyclic) bond motifs is 2. The first kappa shape index (κ1) is 19.2. The number of hydrogen-bond acceptors (Lipinski definition) is 5. The van der Waals surface area contributed by atoms with E-state index in [1.54, 1.807) is 27.8 Å². The van der Waals surface area contributed by atoms with Gasteiger partial charge in [0.2, 0.25) is 5.91 Å². The Morgan fingerprint density at radius 1 is 1.06 bits per heavy atom. The molecule has 8 nitrogen and oxygen atoms in total. The van der Waals surface area contributed by atoms with Crippen LogP contribution in [-0.4, -0.2) is 30.3 Å². The summed E-state index contributed by atoms with van der Waals surface area (Å²) in [5.74, 6) is -0.581. The van der Waals surface area contributed by atoms with Gasteiger partial charge in [0.1, 0.15) is 6.07 Å². The number of primary amides is 1. The van der Waals surface area contributed by atoms with Gasteiger partial charge in [0.15, 0.2) is 0 Å². The molecule has 8 heteroatoms. The lowest BCUT2D eigenvalue weighted by Crippen LogP contribution is -2.12. The molecule has 0 atom stereocenters. The van der Waals surface area contributed by atoms with Crippen molar-refractivity contribution in [3.05, 3.63) is 79.0 Å². The number of benzene rings is 1. The normalized spacial score (nSPS) is 11.0. The van der Waals surface area contributed by atoms with E-state index < -0.39 is 5.91 Å². The third kappa shape index (κ3) is 3.09. The van der Waals surface area contributed by atoms with Crippen LogP contribution in [-0.2, 0) is 11.8 Å². The molecule has 2 N–H and O–H groups in total. The van der Waals surface area contributed by atoms with Gasteiger partial charge in [0.05, 0.1) is 29.0 Å². The quantitative estimate of drug-likeness (QED) is 0.449. The summed E-state index contributed by atoms with van der Waals surface area (Å²) in [5, 5.41) is 19.1. The third-order valence-corrected chi connectivity index (χ3v) is 5.41. The molecule has 0 aliphatic heterocycles. The largest absolute Gasteiger partial charge is 0.366 e. The molecule has 4 aromatic heterocycles. The zero-order valence-corrected chi connectivity index (χ0v) is 17.1. The minimum atomic E-state index is -0.581. The molecule has 0 fully saturated rings. The summed E-state index contributed by atoms with van der Waals surface area (Å²) < 4.78 is 3.45. The predicted molar refractivity (Wildman–Crippen MR) is 121 cm³/mol. The van der Waals surface area contributed by atoms with Gasteiger partial charge >= 0.3 is 0 Å². The van der Waals surface area contributed by atoms with Gasteiger partial charge in [0, 0.05) is 58.9 Å². The Hall–Kier alpha value is -4.77. The van der Waals surface area contributed by atoms with Gasteiger partial charge in [-0.15, -0.1) is 0 Å². The lowest BCUT2D eigenvalue weighted by Gasteiger charge is -2.10. The summed E-state index contributed by atoms with van der Waals surface area (Å²) in [7, 11) is 1.86. The Balaban J connectivity index is 1.71. The minimum Gasteiger partial charge on any atom is -0.366 e. The van der Waals surface area contributed by atoms with Crippen molar-refractivity contribution in [3.8, 4) is 28.3 Å². The fourth-order valence-corrected chi connectivity index (χ4v) is 3.75. The highest BCUT2D eigenvalue weighted by atomic mass is 16.1. The van der Waals surface area contributed by atoms with Gasteiger partial charge < -0.3 is 5.73 Å². The molecule has 0 saturated carbocycles. The molecule has 0 saturated heterocycles. The highest BCUT2D eigenvalue weighted by Crippen LogP contribution is 2.33. The number of hydrogen-bond donors (Lipinski definition) is 1. The van der Waals surface area contributed by atoms with Crippen LogP contribution in [0.5, 0.6) is 0 Å². The van der Waals surface area contributed by atoms with Gasteiger partial charge in [-0.1, -0.05) is 18.7 Å². The van der Waals surface area contributed by atoms with Crippen LogP contribution in [0.3, 0.4) is 0 Å². The van der Waals surface area contributed by atoms with E-state index in [4.69, 9.17) is 5.73 Å². The van der Waals surface area contributed by atoms with E-state index in [-0.39, 0.29) is 5.57 Å². The number of nitrogens with zero attached hydrogens (tertiary/aromatic N) is 6. The first-order chi connectivity index (χ1) is 15.4. The summed E-state index contributed by atoms with van der Waals surface area (Å²) >= 11 is 0. The number of amides is 1. The Morgan fingerprint density at radius 3 is 2.62 bits per heavy atom. The highest BCUT2D eigenvalue weighted by molar-refractivity contribution is 6.18. The molecule has 4 heterocycles. The van der Waals surface area contributed by atoms with Gasteiger partial charge in [-0.3, -0.25) is 14.5 Å². The Bertz CT molecular complexity index is 1600. The zero-order valence-electron chi connectivity index (χ0n) is 17.1. The first-order valence-electron chi connectivity index (χ1n) is 9.74. The molecule has 0 spiro atoms. The van der Waals surface area contributed by atoms with Gasteiger partial charge in [-0.2, -0.15) is 15.5 Å². The number of aromatic nitrogens is 5. The molecular weight excluding hydrogens is 402 g/mol. The number of aryl methyl sites for hydroxylation is 1. The van der Waals surface area contributed by atoms with Crippen LogP contribution in [0.15, 0.2) is 67.9 Å². The van der Waals surface area contributed by atoms with E-state index >= 15 is 0 Å². The highest BCUT2D eigenvalue weighted by Gasteiger charge is 2.15. The molecule has 32 heavy (non-hydrogen) atoms. The number of nitriles is 1. The lowest BCUT2D eigenvalue weighted by molar-refractivity contribution is -0.112. The molecule has 0 bridgehead atoms. The van der Waals surface area contributed by atoms with Crippen LogP contribution in [0, 0.1) is 11.3 Å². The number of carbonyl (C=O) groups is 1. The second-order valence-corrected chi connectivity index (χ2v) is 7.48. The molecule has 0 aliphatic rings. The van der Waals surface area contributed by atoms with Crippen molar-refractivity contribution in [1.82, 2.24) is 24.4 Å². The van der Waals surface area contributed by atoms with Crippen molar-refractivity contribution in [1.29, 1.82) is 5.26 Å². The van der Waals surface area contributed by atoms with Crippen molar-refractivity contribution in [2.24, 2.45) is 12.8 Å². The molecule has 1 aromatic carbocycles. The number of nitrogens with two attached hydrogens (primary N) is 1. The molecule has 5 aromatic rings. The van der Waals surface area contributed by atoms with Crippen LogP contribution in [0.1, 0.15) is 11.1 Å². The van der Waals surface area contributed by atoms with Crippen LogP contribution >= 0.6 is 0 Å². The number of pyridine rings is 2. The van der Waals surface area contributed by atoms with E-state index in [1.165, 1.54) is 0 Å². The van der Waals surface area contributed by atoms with Crippen molar-refractivity contribution < 1.29 is 4.79 Å². The van der Waals surface area contributed by atoms with E-state index in [0.29, 0.717) is 11.1 Å². The average molecular weight is 419 g/mol. The fraction of sp³-hybridized carbons (Fsp3) is 0.0417. The van der Waals surface area contributed by atoms with Crippen molar-refractivity contribution >= 4 is 27.9 Å². The Kier molecular flexibility index (Phi) is 4.31. The molecule has 5 rings (SSSR count). The lowest BCUT2D eigenvalue weighted by atomic mass is 9.98. The van der Waals surface area contributed by atoms with E-state index in [1.807, 2.05) is 49.8 Å². The maximum absolute atomic E-state index is 11.4. The molecule has 0 unspecified atom stereocenters. The standard InChI is InChI=1S/C24H17N7O/c1-14(24(26)32)17-5-16-4-3-15(7-22(16)27-9-17)21-6-18(20-11-28-30(2)12-20)13-31-23(21)19(8-25)10-29-31/h3-7,9-13H,1H2,2H3,(H2,26,32). The van der Waals surface area contributed by atoms with Crippen molar-refractivity contribution in [2.45, 2.75) is 0 Å². The van der Waals surface area contributed by atoms with Crippen LogP contribution < -0.4 is 5.73 Å². The number of rotatable bonds is 4. The Labute approximate surface area is 182 Å². The monoisotopic (exact) mass is 419 g/mol. The predicted octanol–water partition coefficient (Wildman–Crippen LogP) is 3.32. The minimum absolute atomic E-state index is 0.215. The molecule has 0 aliphatic carbocycles. The molecule has 1 amide bonds. The summed E-state index contributed by atoms with van der Waals surface area (Å²) in [4.78, 5) is 15.9. The van der Waals surface area contributed by atoms with Gasteiger partial charge in [-0.05, 0) is 23.8 Å². The van der Waals surface area contributed by atoms with Crippen LogP contribution in [0.25, 0.3) is 44.2 Å². The summed E-state index contributed by atoms with van der Waals surface area (Å²) in [6.07, 6.45) is 8.74. The Morgan fingerprint density at radius 2 is 1.91 bits per heavy atom. The van der Waals surface area contributed by atoms with Crippen molar-refractivity contribution in [3.63, 3.8) is 0 Å². The molecular formula is C24H17N7O. The molecule has 0 radical (unpaired) electrons. The van der Waals surface area contributed by atoms with E-state index in [2.05, 4.69) is 27.8 Å². The fourth-order valence-electron chi connectivity index (χ4n) is 3.75. The van der Waals surface area contributed by atoms with Gasteiger partial charge in [-0.25, -0.2) is 4.52 Å². The second kappa shape index (κ2) is 7.18. The summed E-state index contributed by atoms with van der Waals surface area (Å²) in [6, 6.07) is 11.9. The maximum atomic E-state index is 11.4.